The standard InChI is InChI=1S/C16H21NO4/c1-19-11-15-9-17(16(18)21-15)13-5-7-14(8-6-13)20-10-12-3-2-4-12/h5-8,12,15H,2-4,9-11H2,1H3. The summed E-state index contributed by atoms with van der Waals surface area (Å²) >= 11 is 0. The minimum absolute atomic E-state index is 0.197. The predicted octanol–water partition coefficient (Wildman–Crippen LogP) is 2.84. The summed E-state index contributed by atoms with van der Waals surface area (Å²) in [5, 5.41) is 0. The smallest absolute Gasteiger partial charge is 0.414 e. The van der Waals surface area contributed by atoms with Gasteiger partial charge in [0.15, 0.2) is 0 Å². The van der Waals surface area contributed by atoms with Crippen molar-refractivity contribution in [3.05, 3.63) is 24.3 Å². The number of benzene rings is 1. The number of carbonyl (C=O) groups excluding carboxylic acids is 1. The number of ether oxygens (including phenoxy) is 3. The predicted molar refractivity (Wildman–Crippen MR) is 78.8 cm³/mol. The van der Waals surface area contributed by atoms with Crippen LogP contribution in [0.4, 0.5) is 10.5 Å². The van der Waals surface area contributed by atoms with E-state index in [0.717, 1.165) is 18.0 Å². The van der Waals surface area contributed by atoms with Crippen LogP contribution in [0, 0.1) is 5.92 Å². The zero-order valence-electron chi connectivity index (χ0n) is 12.3. The van der Waals surface area contributed by atoms with Crippen molar-refractivity contribution in [3.8, 4) is 5.75 Å². The van der Waals surface area contributed by atoms with Gasteiger partial charge in [-0.15, -0.1) is 0 Å². The number of amides is 1. The van der Waals surface area contributed by atoms with E-state index in [1.54, 1.807) is 12.0 Å². The zero-order valence-corrected chi connectivity index (χ0v) is 12.3. The molecule has 1 saturated carbocycles. The second-order valence-corrected chi connectivity index (χ2v) is 5.67. The molecule has 0 aromatic heterocycles. The molecule has 5 nitrogen and oxygen atoms in total. The number of rotatable bonds is 6. The fourth-order valence-electron chi connectivity index (χ4n) is 2.60. The van der Waals surface area contributed by atoms with E-state index >= 15 is 0 Å². The Morgan fingerprint density at radius 3 is 2.62 bits per heavy atom. The number of hydrogen-bond acceptors (Lipinski definition) is 4. The highest BCUT2D eigenvalue weighted by atomic mass is 16.6. The summed E-state index contributed by atoms with van der Waals surface area (Å²) in [5.41, 5.74) is 0.828. The first-order valence-electron chi connectivity index (χ1n) is 7.46. The maximum Gasteiger partial charge on any atom is 0.414 e. The van der Waals surface area contributed by atoms with E-state index in [4.69, 9.17) is 14.2 Å². The van der Waals surface area contributed by atoms with Gasteiger partial charge in [-0.25, -0.2) is 4.79 Å². The molecule has 1 aromatic carbocycles. The van der Waals surface area contributed by atoms with Crippen molar-refractivity contribution in [1.82, 2.24) is 0 Å². The molecule has 0 spiro atoms. The van der Waals surface area contributed by atoms with Crippen LogP contribution in [-0.4, -0.2) is 39.1 Å². The molecule has 1 saturated heterocycles. The molecule has 1 aliphatic heterocycles. The summed E-state index contributed by atoms with van der Waals surface area (Å²) in [7, 11) is 1.60. The summed E-state index contributed by atoms with van der Waals surface area (Å²) in [6, 6.07) is 7.61. The van der Waals surface area contributed by atoms with Crippen LogP contribution in [0.15, 0.2) is 24.3 Å². The maximum atomic E-state index is 11.8. The Balaban J connectivity index is 1.57. The van der Waals surface area contributed by atoms with Crippen LogP contribution in [0.1, 0.15) is 19.3 Å². The molecule has 0 bridgehead atoms. The van der Waals surface area contributed by atoms with Crippen LogP contribution in [0.25, 0.3) is 0 Å². The van der Waals surface area contributed by atoms with Gasteiger partial charge in [0.25, 0.3) is 0 Å². The first-order chi connectivity index (χ1) is 10.3. The minimum Gasteiger partial charge on any atom is -0.493 e. The van der Waals surface area contributed by atoms with E-state index in [-0.39, 0.29) is 12.2 Å². The Kier molecular flexibility index (Phi) is 4.29. The maximum absolute atomic E-state index is 11.8. The highest BCUT2D eigenvalue weighted by Crippen LogP contribution is 2.28. The van der Waals surface area contributed by atoms with Gasteiger partial charge in [-0.3, -0.25) is 4.90 Å². The molecule has 1 amide bonds. The molecule has 0 radical (unpaired) electrons. The van der Waals surface area contributed by atoms with Gasteiger partial charge in [0.05, 0.1) is 19.8 Å². The average Bonchev–Trinajstić information content (AvgIpc) is 2.79. The van der Waals surface area contributed by atoms with Crippen molar-refractivity contribution in [1.29, 1.82) is 0 Å². The normalized spacial score (nSPS) is 22.0. The second kappa shape index (κ2) is 6.35. The van der Waals surface area contributed by atoms with E-state index in [1.807, 2.05) is 24.3 Å². The Labute approximate surface area is 124 Å². The summed E-state index contributed by atoms with van der Waals surface area (Å²) in [6.07, 6.45) is 3.36. The van der Waals surface area contributed by atoms with Crippen molar-refractivity contribution >= 4 is 11.8 Å². The lowest BCUT2D eigenvalue weighted by molar-refractivity contribution is 0.0718. The number of methoxy groups -OCH3 is 1. The molecule has 3 rings (SSSR count). The molecule has 114 valence electrons. The minimum atomic E-state index is -0.319. The van der Waals surface area contributed by atoms with E-state index in [0.29, 0.717) is 19.1 Å². The summed E-state index contributed by atoms with van der Waals surface area (Å²) < 4.78 is 16.0. The Hall–Kier alpha value is -1.75. The van der Waals surface area contributed by atoms with E-state index < -0.39 is 0 Å². The summed E-state index contributed by atoms with van der Waals surface area (Å²) in [5.74, 6) is 1.57. The van der Waals surface area contributed by atoms with Crippen LogP contribution in [0.3, 0.4) is 0 Å². The van der Waals surface area contributed by atoms with Gasteiger partial charge in [-0.1, -0.05) is 6.42 Å². The molecular formula is C16H21NO4. The molecule has 1 heterocycles. The lowest BCUT2D eigenvalue weighted by atomic mass is 9.86. The summed E-state index contributed by atoms with van der Waals surface area (Å²) in [6.45, 7) is 1.74. The van der Waals surface area contributed by atoms with Crippen molar-refractivity contribution in [2.45, 2.75) is 25.4 Å². The fraction of sp³-hybridized carbons (Fsp3) is 0.562. The first kappa shape index (κ1) is 14.2. The van der Waals surface area contributed by atoms with Gasteiger partial charge < -0.3 is 14.2 Å². The highest BCUT2D eigenvalue weighted by Gasteiger charge is 2.32. The topological polar surface area (TPSA) is 48.0 Å². The Morgan fingerprint density at radius 1 is 1.24 bits per heavy atom. The molecule has 21 heavy (non-hydrogen) atoms. The van der Waals surface area contributed by atoms with Crippen molar-refractivity contribution in [2.24, 2.45) is 5.92 Å². The molecule has 1 aliphatic carbocycles. The largest absolute Gasteiger partial charge is 0.493 e. The number of hydrogen-bond donors (Lipinski definition) is 0. The van der Waals surface area contributed by atoms with Crippen LogP contribution in [0.2, 0.25) is 0 Å². The number of anilines is 1. The highest BCUT2D eigenvalue weighted by molar-refractivity contribution is 5.89. The average molecular weight is 291 g/mol. The zero-order chi connectivity index (χ0) is 14.7. The van der Waals surface area contributed by atoms with E-state index in [2.05, 4.69) is 0 Å². The second-order valence-electron chi connectivity index (χ2n) is 5.67. The third kappa shape index (κ3) is 3.29. The van der Waals surface area contributed by atoms with Gasteiger partial charge in [0.2, 0.25) is 0 Å². The molecular weight excluding hydrogens is 270 g/mol. The first-order valence-corrected chi connectivity index (χ1v) is 7.46. The fourth-order valence-corrected chi connectivity index (χ4v) is 2.60. The van der Waals surface area contributed by atoms with Crippen molar-refractivity contribution in [3.63, 3.8) is 0 Å². The molecule has 1 aromatic rings. The van der Waals surface area contributed by atoms with Gasteiger partial charge in [0, 0.05) is 12.8 Å². The monoisotopic (exact) mass is 291 g/mol. The van der Waals surface area contributed by atoms with E-state index in [1.165, 1.54) is 19.3 Å². The number of carbonyl (C=O) groups is 1. The molecule has 5 heteroatoms. The molecule has 1 atom stereocenters. The van der Waals surface area contributed by atoms with Gasteiger partial charge in [-0.05, 0) is 43.0 Å². The van der Waals surface area contributed by atoms with Crippen molar-refractivity contribution in [2.75, 3.05) is 31.8 Å². The van der Waals surface area contributed by atoms with Crippen LogP contribution in [-0.2, 0) is 9.47 Å². The molecule has 0 N–H and O–H groups in total. The van der Waals surface area contributed by atoms with Gasteiger partial charge in [-0.2, -0.15) is 0 Å². The quantitative estimate of drug-likeness (QED) is 0.808. The van der Waals surface area contributed by atoms with Gasteiger partial charge in [0.1, 0.15) is 11.9 Å². The van der Waals surface area contributed by atoms with Crippen LogP contribution < -0.4 is 9.64 Å². The van der Waals surface area contributed by atoms with Crippen LogP contribution in [0.5, 0.6) is 5.75 Å². The third-order valence-corrected chi connectivity index (χ3v) is 4.09. The van der Waals surface area contributed by atoms with E-state index in [9.17, 15) is 4.79 Å². The number of nitrogens with zero attached hydrogens (tertiary/aromatic N) is 1. The molecule has 2 aliphatic rings. The third-order valence-electron chi connectivity index (χ3n) is 4.09. The molecule has 1 unspecified atom stereocenters. The Bertz CT molecular complexity index is 484. The lowest BCUT2D eigenvalue weighted by Gasteiger charge is -2.25. The van der Waals surface area contributed by atoms with Crippen LogP contribution >= 0.6 is 0 Å². The lowest BCUT2D eigenvalue weighted by Crippen LogP contribution is -2.25. The summed E-state index contributed by atoms with van der Waals surface area (Å²) in [4.78, 5) is 13.4. The Morgan fingerprint density at radius 2 is 2.00 bits per heavy atom. The molecule has 2 fully saturated rings. The number of cyclic esters (lactones) is 1. The SMILES string of the molecule is COCC1CN(c2ccc(OCC3CCC3)cc2)C(=O)O1. The van der Waals surface area contributed by atoms with Gasteiger partial charge >= 0.3 is 6.09 Å². The van der Waals surface area contributed by atoms with Crippen molar-refractivity contribution < 1.29 is 19.0 Å².